The van der Waals surface area contributed by atoms with E-state index in [1.807, 2.05) is 26.0 Å². The van der Waals surface area contributed by atoms with Gasteiger partial charge < -0.3 is 10.3 Å². The number of aryl methyl sites for hydroxylation is 2. The number of fused-ring (bicyclic) bond motifs is 2. The molecule has 2 N–H and O–H groups in total. The zero-order valence-corrected chi connectivity index (χ0v) is 15.5. The summed E-state index contributed by atoms with van der Waals surface area (Å²) in [5.74, 6) is -0.157. The molecule has 0 fully saturated rings. The third kappa shape index (κ3) is 2.61. The van der Waals surface area contributed by atoms with Crippen molar-refractivity contribution in [1.82, 2.24) is 10.3 Å². The SMILES string of the molecule is Cc1[nH]c2c(C(=O)N[C@@H]3CCS(=O)(=O)c4ccccc43)cccc2c1C. The maximum absolute atomic E-state index is 12.9. The molecule has 0 unspecified atom stereocenters. The first-order valence-electron chi connectivity index (χ1n) is 8.59. The Balaban J connectivity index is 1.71. The zero-order chi connectivity index (χ0) is 18.5. The number of sulfone groups is 1. The third-order valence-electron chi connectivity index (χ3n) is 5.20. The number of amides is 1. The highest BCUT2D eigenvalue weighted by molar-refractivity contribution is 7.91. The Morgan fingerprint density at radius 2 is 1.88 bits per heavy atom. The fourth-order valence-electron chi connectivity index (χ4n) is 3.65. The van der Waals surface area contributed by atoms with Crippen LogP contribution in [-0.2, 0) is 9.84 Å². The first-order valence-corrected chi connectivity index (χ1v) is 10.2. The minimum absolute atomic E-state index is 0.0415. The van der Waals surface area contributed by atoms with Crippen LogP contribution in [0.4, 0.5) is 0 Å². The predicted octanol–water partition coefficient (Wildman–Crippen LogP) is 3.43. The molecule has 1 atom stereocenters. The first-order chi connectivity index (χ1) is 12.4. The number of nitrogens with one attached hydrogen (secondary N) is 2. The molecule has 1 aliphatic rings. The van der Waals surface area contributed by atoms with E-state index in [-0.39, 0.29) is 17.7 Å². The molecule has 0 bridgehead atoms. The van der Waals surface area contributed by atoms with Crippen LogP contribution in [0.15, 0.2) is 47.4 Å². The van der Waals surface area contributed by atoms with Gasteiger partial charge in [0.05, 0.1) is 27.8 Å². The van der Waals surface area contributed by atoms with Crippen molar-refractivity contribution in [2.45, 2.75) is 31.2 Å². The van der Waals surface area contributed by atoms with Gasteiger partial charge in [0.1, 0.15) is 0 Å². The van der Waals surface area contributed by atoms with Gasteiger partial charge >= 0.3 is 0 Å². The summed E-state index contributed by atoms with van der Waals surface area (Å²) in [5.41, 5.74) is 4.22. The highest BCUT2D eigenvalue weighted by atomic mass is 32.2. The van der Waals surface area contributed by atoms with Crippen LogP contribution >= 0.6 is 0 Å². The van der Waals surface area contributed by atoms with Gasteiger partial charge in [0.25, 0.3) is 5.91 Å². The number of carbonyl (C=O) groups excluding carboxylic acids is 1. The highest BCUT2D eigenvalue weighted by Gasteiger charge is 2.31. The van der Waals surface area contributed by atoms with Crippen LogP contribution in [0.25, 0.3) is 10.9 Å². The fourth-order valence-corrected chi connectivity index (χ4v) is 5.27. The van der Waals surface area contributed by atoms with Gasteiger partial charge in [-0.25, -0.2) is 8.42 Å². The van der Waals surface area contributed by atoms with Gasteiger partial charge in [0.2, 0.25) is 0 Å². The van der Waals surface area contributed by atoms with Crippen LogP contribution in [-0.4, -0.2) is 25.1 Å². The molecule has 1 aliphatic heterocycles. The van der Waals surface area contributed by atoms with Crippen LogP contribution in [0.3, 0.4) is 0 Å². The summed E-state index contributed by atoms with van der Waals surface area (Å²) in [7, 11) is -3.27. The molecule has 0 saturated carbocycles. The molecule has 4 rings (SSSR count). The van der Waals surface area contributed by atoms with Crippen LogP contribution in [0.2, 0.25) is 0 Å². The molecule has 2 heterocycles. The summed E-state index contributed by atoms with van der Waals surface area (Å²) in [6.07, 6.45) is 0.379. The Morgan fingerprint density at radius 3 is 2.69 bits per heavy atom. The monoisotopic (exact) mass is 368 g/mol. The van der Waals surface area contributed by atoms with Crippen LogP contribution in [0.1, 0.15) is 39.6 Å². The molecular formula is C20H20N2O3S. The Labute approximate surface area is 152 Å². The Morgan fingerprint density at radius 1 is 1.12 bits per heavy atom. The summed E-state index contributed by atoms with van der Waals surface area (Å²) < 4.78 is 24.5. The zero-order valence-electron chi connectivity index (χ0n) is 14.7. The highest BCUT2D eigenvalue weighted by Crippen LogP contribution is 2.32. The van der Waals surface area contributed by atoms with Crippen molar-refractivity contribution in [3.8, 4) is 0 Å². The number of benzene rings is 2. The minimum atomic E-state index is -3.27. The molecule has 1 aromatic heterocycles. The van der Waals surface area contributed by atoms with Gasteiger partial charge in [0.15, 0.2) is 9.84 Å². The van der Waals surface area contributed by atoms with Crippen molar-refractivity contribution in [3.05, 3.63) is 64.8 Å². The van der Waals surface area contributed by atoms with Crippen molar-refractivity contribution >= 4 is 26.6 Å². The summed E-state index contributed by atoms with van der Waals surface area (Å²) in [5, 5.41) is 4.06. The number of carbonyl (C=O) groups is 1. The second-order valence-electron chi connectivity index (χ2n) is 6.77. The number of para-hydroxylation sites is 1. The lowest BCUT2D eigenvalue weighted by Gasteiger charge is -2.26. The second kappa shape index (κ2) is 5.99. The lowest BCUT2D eigenvalue weighted by atomic mass is 10.0. The quantitative estimate of drug-likeness (QED) is 0.727. The van der Waals surface area contributed by atoms with Crippen molar-refractivity contribution in [3.63, 3.8) is 0 Å². The normalized spacial score (nSPS) is 18.5. The maximum Gasteiger partial charge on any atom is 0.253 e. The molecule has 1 amide bonds. The largest absolute Gasteiger partial charge is 0.358 e. The van der Waals surface area contributed by atoms with Gasteiger partial charge in [-0.3, -0.25) is 4.79 Å². The molecule has 5 nitrogen and oxygen atoms in total. The first kappa shape index (κ1) is 16.8. The van der Waals surface area contributed by atoms with Gasteiger partial charge in [0, 0.05) is 11.1 Å². The van der Waals surface area contributed by atoms with E-state index >= 15 is 0 Å². The van der Waals surface area contributed by atoms with Gasteiger partial charge in [-0.15, -0.1) is 0 Å². The lowest BCUT2D eigenvalue weighted by molar-refractivity contribution is 0.0936. The Kier molecular flexibility index (Phi) is 3.88. The van der Waals surface area contributed by atoms with Crippen LogP contribution in [0, 0.1) is 13.8 Å². The van der Waals surface area contributed by atoms with E-state index in [0.717, 1.165) is 22.2 Å². The number of H-pyrrole nitrogens is 1. The second-order valence-corrected chi connectivity index (χ2v) is 8.85. The summed E-state index contributed by atoms with van der Waals surface area (Å²) in [6.45, 7) is 4.01. The molecule has 134 valence electrons. The van der Waals surface area contributed by atoms with E-state index < -0.39 is 9.84 Å². The fraction of sp³-hybridized carbons (Fsp3) is 0.250. The summed E-state index contributed by atoms with van der Waals surface area (Å²) in [4.78, 5) is 16.5. The molecule has 0 saturated heterocycles. The van der Waals surface area contributed by atoms with E-state index in [0.29, 0.717) is 22.4 Å². The smallest absolute Gasteiger partial charge is 0.253 e. The topological polar surface area (TPSA) is 79.0 Å². The van der Waals surface area contributed by atoms with E-state index in [4.69, 9.17) is 0 Å². The standard InChI is InChI=1S/C20H20N2O3S/c1-12-13(2)21-19-14(12)7-5-8-16(19)20(23)22-17-10-11-26(24,25)18-9-4-3-6-15(17)18/h3-9,17,21H,10-11H2,1-2H3,(H,22,23)/t17-/m1/s1. The number of rotatable bonds is 2. The Bertz CT molecular complexity index is 1130. The average Bonchev–Trinajstić information content (AvgIpc) is 2.92. The van der Waals surface area contributed by atoms with E-state index in [1.54, 1.807) is 30.3 Å². The molecule has 0 spiro atoms. The number of aromatic nitrogens is 1. The Hall–Kier alpha value is -2.60. The third-order valence-corrected chi connectivity index (χ3v) is 7.01. The minimum Gasteiger partial charge on any atom is -0.358 e. The molecule has 6 heteroatoms. The van der Waals surface area contributed by atoms with E-state index in [9.17, 15) is 13.2 Å². The molecular weight excluding hydrogens is 348 g/mol. The van der Waals surface area contributed by atoms with Crippen molar-refractivity contribution < 1.29 is 13.2 Å². The van der Waals surface area contributed by atoms with Gasteiger partial charge in [-0.1, -0.05) is 30.3 Å². The predicted molar refractivity (Wildman–Crippen MR) is 101 cm³/mol. The molecule has 2 aromatic carbocycles. The van der Waals surface area contributed by atoms with Crippen LogP contribution < -0.4 is 5.32 Å². The van der Waals surface area contributed by atoms with E-state index in [2.05, 4.69) is 10.3 Å². The number of hydrogen-bond donors (Lipinski definition) is 2. The van der Waals surface area contributed by atoms with Crippen LogP contribution in [0.5, 0.6) is 0 Å². The maximum atomic E-state index is 12.9. The number of aromatic amines is 1. The van der Waals surface area contributed by atoms with Gasteiger partial charge in [-0.05, 0) is 43.5 Å². The molecule has 0 aliphatic carbocycles. The van der Waals surface area contributed by atoms with Crippen molar-refractivity contribution in [2.75, 3.05) is 5.75 Å². The molecule has 3 aromatic rings. The average molecular weight is 368 g/mol. The molecule has 26 heavy (non-hydrogen) atoms. The molecule has 0 radical (unpaired) electrons. The summed E-state index contributed by atoms with van der Waals surface area (Å²) >= 11 is 0. The van der Waals surface area contributed by atoms with Crippen molar-refractivity contribution in [2.24, 2.45) is 0 Å². The number of hydrogen-bond acceptors (Lipinski definition) is 3. The van der Waals surface area contributed by atoms with E-state index in [1.165, 1.54) is 0 Å². The van der Waals surface area contributed by atoms with Gasteiger partial charge in [-0.2, -0.15) is 0 Å². The summed E-state index contributed by atoms with van der Waals surface area (Å²) in [6, 6.07) is 12.3. The van der Waals surface area contributed by atoms with Crippen molar-refractivity contribution in [1.29, 1.82) is 0 Å². The lowest BCUT2D eigenvalue weighted by Crippen LogP contribution is -2.34.